The van der Waals surface area contributed by atoms with Crippen molar-refractivity contribution in [1.29, 1.82) is 0 Å². The van der Waals surface area contributed by atoms with E-state index in [1.165, 1.54) is 141 Å². The third-order valence-electron chi connectivity index (χ3n) is 11.4. The molecule has 0 saturated heterocycles. The van der Waals surface area contributed by atoms with Crippen molar-refractivity contribution in [2.24, 2.45) is 0 Å². The second-order valence-electron chi connectivity index (χ2n) is 17.3. The Labute approximate surface area is 374 Å². The number of ether oxygens (including phenoxy) is 1. The number of esters is 1. The maximum atomic E-state index is 12.8. The number of aliphatic carboxylic acids is 1. The van der Waals surface area contributed by atoms with E-state index < -0.39 is 24.5 Å². The standard InChI is InChI=1S/C52H94N2O7/c1-3-5-7-9-11-13-15-16-17-18-19-20-21-22-23-24-25-26-27-29-31-36-40-44-51(58)61-47(41-37-33-30-28-14-12-10-8-6-4-2)42-38-34-32-35-39-43-49(56)53-45-50(57)54-48(46-55)52(59)60/h15-16,18-19,21-22,47-48,55H,3-14,17,20,23-46H2,1-2H3,(H,53,56)(H,54,57)(H,59,60)/b16-15-,19-18-,22-21-. The van der Waals surface area contributed by atoms with Gasteiger partial charge in [0.2, 0.25) is 11.8 Å². The van der Waals surface area contributed by atoms with E-state index in [0.717, 1.165) is 70.6 Å². The first-order valence-electron chi connectivity index (χ1n) is 25.4. The monoisotopic (exact) mass is 859 g/mol. The van der Waals surface area contributed by atoms with Crippen molar-refractivity contribution in [2.75, 3.05) is 13.2 Å². The van der Waals surface area contributed by atoms with E-state index in [1.54, 1.807) is 0 Å². The Kier molecular flexibility index (Phi) is 44.3. The number of aliphatic hydroxyl groups is 1. The van der Waals surface area contributed by atoms with Crippen LogP contribution in [0.15, 0.2) is 36.5 Å². The molecule has 61 heavy (non-hydrogen) atoms. The van der Waals surface area contributed by atoms with Crippen LogP contribution in [0, 0.1) is 0 Å². The number of amides is 2. The van der Waals surface area contributed by atoms with Gasteiger partial charge in [-0.1, -0.05) is 192 Å². The second-order valence-corrected chi connectivity index (χ2v) is 17.3. The molecule has 9 nitrogen and oxygen atoms in total. The molecule has 354 valence electrons. The first-order chi connectivity index (χ1) is 29.8. The van der Waals surface area contributed by atoms with Gasteiger partial charge in [0.05, 0.1) is 13.2 Å². The Morgan fingerprint density at radius 2 is 0.885 bits per heavy atom. The molecule has 0 spiro atoms. The highest BCUT2D eigenvalue weighted by atomic mass is 16.5. The van der Waals surface area contributed by atoms with E-state index in [4.69, 9.17) is 14.9 Å². The molecular formula is C52H94N2O7. The summed E-state index contributed by atoms with van der Waals surface area (Å²) in [6.45, 7) is 3.49. The molecule has 0 aliphatic heterocycles. The number of hydrogen-bond donors (Lipinski definition) is 4. The quantitative estimate of drug-likeness (QED) is 0.0271. The van der Waals surface area contributed by atoms with Gasteiger partial charge >= 0.3 is 11.9 Å². The summed E-state index contributed by atoms with van der Waals surface area (Å²) >= 11 is 0. The first kappa shape index (κ1) is 58.1. The Morgan fingerprint density at radius 3 is 1.33 bits per heavy atom. The first-order valence-corrected chi connectivity index (χ1v) is 25.4. The normalized spacial score (nSPS) is 12.7. The van der Waals surface area contributed by atoms with Crippen LogP contribution in [0.4, 0.5) is 0 Å². The number of hydrogen-bond acceptors (Lipinski definition) is 6. The number of rotatable bonds is 46. The van der Waals surface area contributed by atoms with Gasteiger partial charge in [-0.15, -0.1) is 0 Å². The van der Waals surface area contributed by atoms with Crippen LogP contribution in [0.2, 0.25) is 0 Å². The van der Waals surface area contributed by atoms with Crippen LogP contribution in [0.5, 0.6) is 0 Å². The third kappa shape index (κ3) is 43.5. The van der Waals surface area contributed by atoms with E-state index in [2.05, 4.69) is 60.9 Å². The average molecular weight is 859 g/mol. The van der Waals surface area contributed by atoms with Crippen LogP contribution in [0.3, 0.4) is 0 Å². The molecule has 4 N–H and O–H groups in total. The van der Waals surface area contributed by atoms with E-state index >= 15 is 0 Å². The van der Waals surface area contributed by atoms with Crippen molar-refractivity contribution in [3.63, 3.8) is 0 Å². The van der Waals surface area contributed by atoms with E-state index in [-0.39, 0.29) is 24.5 Å². The van der Waals surface area contributed by atoms with Gasteiger partial charge in [0.1, 0.15) is 12.1 Å². The van der Waals surface area contributed by atoms with Gasteiger partial charge in [0.25, 0.3) is 0 Å². The summed E-state index contributed by atoms with van der Waals surface area (Å²) in [5.74, 6) is -2.29. The van der Waals surface area contributed by atoms with Gasteiger partial charge < -0.3 is 25.6 Å². The van der Waals surface area contributed by atoms with Gasteiger partial charge in [-0.25, -0.2) is 4.79 Å². The fraction of sp³-hybridized carbons (Fsp3) is 0.808. The Morgan fingerprint density at radius 1 is 0.492 bits per heavy atom. The van der Waals surface area contributed by atoms with Gasteiger partial charge in [0.15, 0.2) is 0 Å². The SMILES string of the molecule is CCCCCCC/C=C\C/C=C\C/C=C\CCCCCCCCCCC(=O)OC(CCCCCCCCCCCC)CCCCCCCC(=O)NCC(=O)NC(CO)C(=O)O. The van der Waals surface area contributed by atoms with Crippen molar-refractivity contribution in [3.8, 4) is 0 Å². The Bertz CT molecular complexity index is 1120. The van der Waals surface area contributed by atoms with Crippen LogP contribution in [0.1, 0.15) is 245 Å². The molecule has 2 atom stereocenters. The van der Waals surface area contributed by atoms with Crippen molar-refractivity contribution in [3.05, 3.63) is 36.5 Å². The minimum atomic E-state index is -1.38. The van der Waals surface area contributed by atoms with Gasteiger partial charge in [-0.2, -0.15) is 0 Å². The fourth-order valence-electron chi connectivity index (χ4n) is 7.49. The Balaban J connectivity index is 4.18. The highest BCUT2D eigenvalue weighted by Gasteiger charge is 2.19. The third-order valence-corrected chi connectivity index (χ3v) is 11.4. The molecule has 0 bridgehead atoms. The smallest absolute Gasteiger partial charge is 0.328 e. The van der Waals surface area contributed by atoms with Gasteiger partial charge in [-0.05, 0) is 77.0 Å². The molecule has 0 fully saturated rings. The van der Waals surface area contributed by atoms with E-state index in [1.807, 2.05) is 0 Å². The summed E-state index contributed by atoms with van der Waals surface area (Å²) in [5, 5.41) is 22.6. The number of aliphatic hydroxyl groups excluding tert-OH is 1. The largest absolute Gasteiger partial charge is 0.480 e. The van der Waals surface area contributed by atoms with Crippen molar-refractivity contribution < 1.29 is 34.1 Å². The maximum absolute atomic E-state index is 12.8. The lowest BCUT2D eigenvalue weighted by molar-refractivity contribution is -0.150. The molecular weight excluding hydrogens is 765 g/mol. The topological polar surface area (TPSA) is 142 Å². The minimum absolute atomic E-state index is 0.0155. The number of carboxylic acids is 1. The molecule has 0 aromatic rings. The number of carboxylic acid groups (broad SMARTS) is 1. The van der Waals surface area contributed by atoms with Crippen LogP contribution in [0.25, 0.3) is 0 Å². The number of carbonyl (C=O) groups excluding carboxylic acids is 3. The van der Waals surface area contributed by atoms with Crippen molar-refractivity contribution in [2.45, 2.75) is 257 Å². The summed E-state index contributed by atoms with van der Waals surface area (Å²) in [7, 11) is 0. The molecule has 0 rings (SSSR count). The number of nitrogens with one attached hydrogen (secondary N) is 2. The molecule has 0 heterocycles. The summed E-state index contributed by atoms with van der Waals surface area (Å²) in [6, 6.07) is -1.38. The molecule has 0 saturated carbocycles. The maximum Gasteiger partial charge on any atom is 0.328 e. The van der Waals surface area contributed by atoms with Crippen LogP contribution in [-0.4, -0.2) is 59.3 Å². The lowest BCUT2D eigenvalue weighted by atomic mass is 10.0. The van der Waals surface area contributed by atoms with Crippen molar-refractivity contribution in [1.82, 2.24) is 10.6 Å². The second kappa shape index (κ2) is 46.6. The summed E-state index contributed by atoms with van der Waals surface area (Å²) < 4.78 is 6.05. The zero-order chi connectivity index (χ0) is 44.7. The highest BCUT2D eigenvalue weighted by Crippen LogP contribution is 2.19. The summed E-state index contributed by atoms with van der Waals surface area (Å²) in [6.07, 6.45) is 54.7. The predicted molar refractivity (Wildman–Crippen MR) is 255 cm³/mol. The van der Waals surface area contributed by atoms with Crippen LogP contribution in [-0.2, 0) is 23.9 Å². The molecule has 0 aromatic carbocycles. The zero-order valence-electron chi connectivity index (χ0n) is 39.4. The number of allylic oxidation sites excluding steroid dienone is 6. The molecule has 0 aliphatic rings. The van der Waals surface area contributed by atoms with Gasteiger partial charge in [0, 0.05) is 12.8 Å². The molecule has 2 amide bonds. The molecule has 0 aromatic heterocycles. The van der Waals surface area contributed by atoms with Crippen molar-refractivity contribution >= 4 is 23.8 Å². The predicted octanol–water partition coefficient (Wildman–Crippen LogP) is 13.3. The number of carbonyl (C=O) groups is 4. The van der Waals surface area contributed by atoms with E-state index in [0.29, 0.717) is 19.3 Å². The van der Waals surface area contributed by atoms with E-state index in [9.17, 15) is 19.2 Å². The highest BCUT2D eigenvalue weighted by molar-refractivity contribution is 5.87. The molecule has 2 unspecified atom stereocenters. The Hall–Kier alpha value is -2.94. The zero-order valence-corrected chi connectivity index (χ0v) is 39.4. The van der Waals surface area contributed by atoms with Crippen LogP contribution < -0.4 is 10.6 Å². The fourth-order valence-corrected chi connectivity index (χ4v) is 7.49. The van der Waals surface area contributed by atoms with Crippen LogP contribution >= 0.6 is 0 Å². The van der Waals surface area contributed by atoms with Gasteiger partial charge in [-0.3, -0.25) is 14.4 Å². The number of unbranched alkanes of at least 4 members (excludes halogenated alkanes) is 26. The molecule has 0 aliphatic carbocycles. The lowest BCUT2D eigenvalue weighted by Gasteiger charge is -2.18. The lowest BCUT2D eigenvalue weighted by Crippen LogP contribution is -2.47. The summed E-state index contributed by atoms with van der Waals surface area (Å²) in [5.41, 5.74) is 0. The molecule has 9 heteroatoms. The average Bonchev–Trinajstić information content (AvgIpc) is 3.25. The minimum Gasteiger partial charge on any atom is -0.480 e. The summed E-state index contributed by atoms with van der Waals surface area (Å²) in [4.78, 5) is 47.7. The molecule has 0 radical (unpaired) electrons.